The average Bonchev–Trinajstić information content (AvgIpc) is 2.79. The molecule has 0 saturated carbocycles. The Morgan fingerprint density at radius 2 is 1.81 bits per heavy atom. The second-order valence-corrected chi connectivity index (χ2v) is 9.27. The van der Waals surface area contributed by atoms with Crippen LogP contribution in [-0.4, -0.2) is 30.4 Å². The van der Waals surface area contributed by atoms with Gasteiger partial charge in [-0.05, 0) is 42.7 Å². The molecule has 2 aromatic carbocycles. The number of aliphatic hydroxyl groups is 1. The summed E-state index contributed by atoms with van der Waals surface area (Å²) >= 11 is 1.55. The highest BCUT2D eigenvalue weighted by Crippen LogP contribution is 2.38. The SMILES string of the molecule is CCCCC(CO)(CCCC)CSc1ccc(F)cc1C(=O)c1cccc(COC)c1. The molecule has 0 aliphatic carbocycles. The fraction of sp³-hybridized carbons (Fsp3) is 0.500. The van der Waals surface area contributed by atoms with Crippen molar-refractivity contribution in [3.63, 3.8) is 0 Å². The predicted octanol–water partition coefficient (Wildman–Crippen LogP) is 6.65. The number of carbonyl (C=O) groups is 1. The summed E-state index contributed by atoms with van der Waals surface area (Å²) in [5.41, 5.74) is 1.62. The smallest absolute Gasteiger partial charge is 0.194 e. The first-order chi connectivity index (χ1) is 15.0. The van der Waals surface area contributed by atoms with Crippen molar-refractivity contribution in [2.24, 2.45) is 5.41 Å². The molecule has 0 unspecified atom stereocenters. The molecule has 0 aliphatic rings. The maximum absolute atomic E-state index is 14.1. The van der Waals surface area contributed by atoms with Crippen molar-refractivity contribution >= 4 is 17.5 Å². The fourth-order valence-corrected chi connectivity index (χ4v) is 5.05. The van der Waals surface area contributed by atoms with Gasteiger partial charge in [0, 0.05) is 40.9 Å². The van der Waals surface area contributed by atoms with E-state index in [4.69, 9.17) is 4.74 Å². The van der Waals surface area contributed by atoms with E-state index in [0.29, 0.717) is 23.5 Å². The first-order valence-electron chi connectivity index (χ1n) is 11.1. The van der Waals surface area contributed by atoms with E-state index in [-0.39, 0.29) is 17.8 Å². The molecule has 0 saturated heterocycles. The Balaban J connectivity index is 2.29. The van der Waals surface area contributed by atoms with Gasteiger partial charge in [0.25, 0.3) is 0 Å². The minimum atomic E-state index is -0.425. The van der Waals surface area contributed by atoms with Crippen LogP contribution in [0.25, 0.3) is 0 Å². The zero-order chi connectivity index (χ0) is 22.7. The van der Waals surface area contributed by atoms with Gasteiger partial charge in [-0.3, -0.25) is 4.79 Å². The Labute approximate surface area is 190 Å². The maximum Gasteiger partial charge on any atom is 0.194 e. The van der Waals surface area contributed by atoms with E-state index in [0.717, 1.165) is 49.0 Å². The fourth-order valence-electron chi connectivity index (χ4n) is 3.74. The Morgan fingerprint density at radius 3 is 2.42 bits per heavy atom. The number of hydrogen-bond acceptors (Lipinski definition) is 4. The lowest BCUT2D eigenvalue weighted by molar-refractivity contribution is 0.103. The average molecular weight is 447 g/mol. The summed E-state index contributed by atoms with van der Waals surface area (Å²) in [5, 5.41) is 10.2. The predicted molar refractivity (Wildman–Crippen MR) is 126 cm³/mol. The van der Waals surface area contributed by atoms with Gasteiger partial charge in [0.1, 0.15) is 5.82 Å². The van der Waals surface area contributed by atoms with Crippen molar-refractivity contribution in [3.8, 4) is 0 Å². The van der Waals surface area contributed by atoms with Crippen molar-refractivity contribution in [1.82, 2.24) is 0 Å². The van der Waals surface area contributed by atoms with Gasteiger partial charge in [0.2, 0.25) is 0 Å². The molecule has 31 heavy (non-hydrogen) atoms. The Kier molecular flexibility index (Phi) is 10.7. The summed E-state index contributed by atoms with van der Waals surface area (Å²) in [4.78, 5) is 14.0. The number of ether oxygens (including phenoxy) is 1. The highest BCUT2D eigenvalue weighted by Gasteiger charge is 2.29. The molecule has 2 aromatic rings. The Morgan fingerprint density at radius 1 is 1.10 bits per heavy atom. The molecule has 2 rings (SSSR count). The molecule has 170 valence electrons. The second-order valence-electron chi connectivity index (χ2n) is 8.26. The molecule has 1 N–H and O–H groups in total. The van der Waals surface area contributed by atoms with E-state index in [2.05, 4.69) is 13.8 Å². The molecule has 0 atom stereocenters. The van der Waals surface area contributed by atoms with Gasteiger partial charge in [0.15, 0.2) is 5.78 Å². The van der Waals surface area contributed by atoms with Crippen LogP contribution in [0.5, 0.6) is 0 Å². The van der Waals surface area contributed by atoms with Gasteiger partial charge in [-0.2, -0.15) is 0 Å². The van der Waals surface area contributed by atoms with E-state index in [9.17, 15) is 14.3 Å². The molecular formula is C26H35FO3S. The summed E-state index contributed by atoms with van der Waals surface area (Å²) in [6, 6.07) is 11.7. The molecule has 0 spiro atoms. The number of ketones is 1. The van der Waals surface area contributed by atoms with Crippen LogP contribution in [0.4, 0.5) is 4.39 Å². The molecule has 5 heteroatoms. The standard InChI is InChI=1S/C26H35FO3S/c1-4-6-13-26(18-28,14-7-5-2)19-31-24-12-11-22(27)16-23(24)25(29)21-10-8-9-20(15-21)17-30-3/h8-12,15-16,28H,4-7,13-14,17-19H2,1-3H3. The summed E-state index contributed by atoms with van der Waals surface area (Å²) in [5.74, 6) is 0.0851. The maximum atomic E-state index is 14.1. The van der Waals surface area contributed by atoms with Gasteiger partial charge in [-0.25, -0.2) is 4.39 Å². The third-order valence-electron chi connectivity index (χ3n) is 5.68. The molecule has 0 aromatic heterocycles. The number of rotatable bonds is 14. The molecule has 0 bridgehead atoms. The number of benzene rings is 2. The number of unbranched alkanes of at least 4 members (excludes halogenated alkanes) is 2. The zero-order valence-electron chi connectivity index (χ0n) is 19.0. The summed E-state index contributed by atoms with van der Waals surface area (Å²) in [7, 11) is 1.61. The van der Waals surface area contributed by atoms with Crippen LogP contribution in [0.2, 0.25) is 0 Å². The van der Waals surface area contributed by atoms with Crippen LogP contribution < -0.4 is 0 Å². The molecular weight excluding hydrogens is 411 g/mol. The number of methoxy groups -OCH3 is 1. The van der Waals surface area contributed by atoms with Crippen molar-refractivity contribution in [1.29, 1.82) is 0 Å². The van der Waals surface area contributed by atoms with E-state index in [1.165, 1.54) is 12.1 Å². The highest BCUT2D eigenvalue weighted by molar-refractivity contribution is 7.99. The normalized spacial score (nSPS) is 11.6. The van der Waals surface area contributed by atoms with Crippen molar-refractivity contribution < 1.29 is 19.0 Å². The lowest BCUT2D eigenvalue weighted by Crippen LogP contribution is -2.28. The lowest BCUT2D eigenvalue weighted by Gasteiger charge is -2.32. The van der Waals surface area contributed by atoms with Crippen LogP contribution in [0, 0.1) is 11.2 Å². The molecule has 3 nitrogen and oxygen atoms in total. The summed E-state index contributed by atoms with van der Waals surface area (Å²) in [6.07, 6.45) is 6.19. The van der Waals surface area contributed by atoms with E-state index >= 15 is 0 Å². The van der Waals surface area contributed by atoms with E-state index in [1.54, 1.807) is 37.1 Å². The molecule has 0 amide bonds. The third kappa shape index (κ3) is 7.44. The first kappa shape index (κ1) is 25.6. The van der Waals surface area contributed by atoms with Crippen LogP contribution in [0.1, 0.15) is 73.9 Å². The Bertz CT molecular complexity index is 829. The Hall–Kier alpha value is -1.69. The summed E-state index contributed by atoms with van der Waals surface area (Å²) in [6.45, 7) is 4.86. The van der Waals surface area contributed by atoms with Crippen LogP contribution in [0.15, 0.2) is 47.4 Å². The van der Waals surface area contributed by atoms with Crippen LogP contribution in [-0.2, 0) is 11.3 Å². The molecule has 0 heterocycles. The lowest BCUT2D eigenvalue weighted by atomic mass is 9.81. The molecule has 0 fully saturated rings. The third-order valence-corrected chi connectivity index (χ3v) is 7.10. The topological polar surface area (TPSA) is 46.5 Å². The minimum absolute atomic E-state index is 0.129. The van der Waals surface area contributed by atoms with Crippen LogP contribution >= 0.6 is 11.8 Å². The van der Waals surface area contributed by atoms with E-state index < -0.39 is 5.82 Å². The molecule has 0 radical (unpaired) electrons. The van der Waals surface area contributed by atoms with Crippen molar-refractivity contribution in [2.45, 2.75) is 63.9 Å². The minimum Gasteiger partial charge on any atom is -0.396 e. The number of aliphatic hydroxyl groups excluding tert-OH is 1. The van der Waals surface area contributed by atoms with Gasteiger partial charge in [-0.1, -0.05) is 57.7 Å². The monoisotopic (exact) mass is 446 g/mol. The zero-order valence-corrected chi connectivity index (χ0v) is 19.8. The van der Waals surface area contributed by atoms with Gasteiger partial charge in [0.05, 0.1) is 6.61 Å². The second kappa shape index (κ2) is 13.0. The van der Waals surface area contributed by atoms with Gasteiger partial charge < -0.3 is 9.84 Å². The van der Waals surface area contributed by atoms with Crippen molar-refractivity contribution in [2.75, 3.05) is 19.5 Å². The van der Waals surface area contributed by atoms with E-state index in [1.807, 2.05) is 12.1 Å². The number of carbonyl (C=O) groups excluding carboxylic acids is 1. The van der Waals surface area contributed by atoms with Crippen molar-refractivity contribution in [3.05, 3.63) is 65.0 Å². The van der Waals surface area contributed by atoms with Gasteiger partial charge >= 0.3 is 0 Å². The van der Waals surface area contributed by atoms with Crippen LogP contribution in [0.3, 0.4) is 0 Å². The summed E-state index contributed by atoms with van der Waals surface area (Å²) < 4.78 is 19.2. The van der Waals surface area contributed by atoms with Gasteiger partial charge in [-0.15, -0.1) is 11.8 Å². The largest absolute Gasteiger partial charge is 0.396 e. The number of thioether (sulfide) groups is 1. The molecule has 0 aliphatic heterocycles. The first-order valence-corrected chi connectivity index (χ1v) is 12.1. The highest BCUT2D eigenvalue weighted by atomic mass is 32.2. The quantitative estimate of drug-likeness (QED) is 0.260. The number of halogens is 1. The number of hydrogen-bond donors (Lipinski definition) is 1.